The molecule has 0 spiro atoms. The van der Waals surface area contributed by atoms with Gasteiger partial charge in [0.15, 0.2) is 6.21 Å². The van der Waals surface area contributed by atoms with Gasteiger partial charge >= 0.3 is 5.97 Å². The van der Waals surface area contributed by atoms with Crippen molar-refractivity contribution in [2.45, 2.75) is 6.92 Å². The van der Waals surface area contributed by atoms with Gasteiger partial charge in [-0.25, -0.2) is 4.79 Å². The van der Waals surface area contributed by atoms with E-state index in [1.807, 2.05) is 54.6 Å². The van der Waals surface area contributed by atoms with E-state index in [1.54, 1.807) is 6.92 Å². The third-order valence-electron chi connectivity index (χ3n) is 4.29. The molecule has 3 aromatic rings. The molecule has 29 heavy (non-hydrogen) atoms. The fourth-order valence-corrected chi connectivity index (χ4v) is 5.77. The molecule has 0 amide bonds. The lowest BCUT2D eigenvalue weighted by molar-refractivity contribution is -0.437. The number of benzene rings is 3. The molecule has 4 nitrogen and oxygen atoms in total. The van der Waals surface area contributed by atoms with Crippen molar-refractivity contribution in [3.8, 4) is 0 Å². The molecular weight excluding hydrogens is 379 g/mol. The highest BCUT2D eigenvalue weighted by molar-refractivity contribution is 7.81. The molecule has 146 valence electrons. The van der Waals surface area contributed by atoms with Crippen LogP contribution in [0.1, 0.15) is 12.5 Å². The molecule has 3 rings (SSSR count). The number of carbonyl (C=O) groups excluding carboxylic acids is 1. The molecule has 0 aromatic heterocycles. The van der Waals surface area contributed by atoms with Crippen molar-refractivity contribution in [2.75, 3.05) is 6.61 Å². The summed E-state index contributed by atoms with van der Waals surface area (Å²) < 4.78 is 4.96. The topological polar surface area (TPSA) is 52.6 Å². The van der Waals surface area contributed by atoms with E-state index in [2.05, 4.69) is 58.2 Å². The van der Waals surface area contributed by atoms with Gasteiger partial charge in [-0.2, -0.15) is 0 Å². The molecule has 0 radical (unpaired) electrons. The minimum atomic E-state index is -2.28. The summed E-state index contributed by atoms with van der Waals surface area (Å²) in [7, 11) is -2.28. The largest absolute Gasteiger partial charge is 0.462 e. The van der Waals surface area contributed by atoms with Gasteiger partial charge in [0.2, 0.25) is 7.05 Å². The van der Waals surface area contributed by atoms with Crippen molar-refractivity contribution in [2.24, 2.45) is 5.10 Å². The average molecular weight is 403 g/mol. The highest BCUT2D eigenvalue weighted by atomic mass is 31.2. The van der Waals surface area contributed by atoms with Crippen LogP contribution in [0.25, 0.3) is 6.08 Å². The fraction of sp³-hybridized carbons (Fsp3) is 0.0833. The first-order chi connectivity index (χ1) is 14.2. The number of hydrogen-bond acceptors (Lipinski definition) is 2. The highest BCUT2D eigenvalue weighted by Gasteiger charge is 2.28. The SMILES string of the molecule is CCOC(=O)C=N[NH+]=P(/C=C/c1ccccc1)(c1ccccc1)c1ccccc1. The molecule has 1 N–H and O–H groups in total. The zero-order chi connectivity index (χ0) is 20.4. The van der Waals surface area contributed by atoms with Crippen LogP contribution in [0.2, 0.25) is 0 Å². The van der Waals surface area contributed by atoms with Crippen LogP contribution in [0.4, 0.5) is 0 Å². The number of ether oxygens (including phenoxy) is 1. The molecule has 0 aliphatic heterocycles. The van der Waals surface area contributed by atoms with E-state index in [1.165, 1.54) is 6.21 Å². The van der Waals surface area contributed by atoms with E-state index < -0.39 is 13.0 Å². The van der Waals surface area contributed by atoms with Gasteiger partial charge in [0.05, 0.1) is 6.61 Å². The predicted octanol–water partition coefficient (Wildman–Crippen LogP) is 3.14. The maximum absolute atomic E-state index is 11.8. The lowest BCUT2D eigenvalue weighted by Gasteiger charge is -2.15. The monoisotopic (exact) mass is 403 g/mol. The van der Waals surface area contributed by atoms with E-state index in [0.29, 0.717) is 6.61 Å². The Labute approximate surface area is 171 Å². The van der Waals surface area contributed by atoms with E-state index in [0.717, 1.165) is 16.2 Å². The predicted molar refractivity (Wildman–Crippen MR) is 121 cm³/mol. The number of nitrogens with one attached hydrogen (secondary N) is 1. The second kappa shape index (κ2) is 10.4. The quantitative estimate of drug-likeness (QED) is 0.285. The number of nitrogens with zero attached hydrogens (tertiary/aromatic N) is 1. The van der Waals surface area contributed by atoms with E-state index in [-0.39, 0.29) is 0 Å². The van der Waals surface area contributed by atoms with Gasteiger partial charge in [0.1, 0.15) is 0 Å². The Morgan fingerprint density at radius 1 is 0.897 bits per heavy atom. The van der Waals surface area contributed by atoms with Crippen molar-refractivity contribution in [1.29, 1.82) is 0 Å². The van der Waals surface area contributed by atoms with Crippen LogP contribution in [0.15, 0.2) is 102 Å². The summed E-state index contributed by atoms with van der Waals surface area (Å²) in [5.74, 6) is 1.71. The Morgan fingerprint density at radius 2 is 1.41 bits per heavy atom. The standard InChI is InChI=1S/C24H23N2O2P/c1-2-28-24(27)20-25-26-29(22-14-8-4-9-15-22,23-16-10-5-11-17-23)19-18-21-12-6-3-7-13-21/h3-20H,2H2,1H3/p+1/b19-18+,25-20?. The Bertz CT molecular complexity index is 987. The maximum Gasteiger partial charge on any atom is 0.355 e. The highest BCUT2D eigenvalue weighted by Crippen LogP contribution is 2.42. The summed E-state index contributed by atoms with van der Waals surface area (Å²) in [6.07, 6.45) is 3.29. The summed E-state index contributed by atoms with van der Waals surface area (Å²) in [6, 6.07) is 30.5. The molecule has 0 saturated carbocycles. The van der Waals surface area contributed by atoms with Crippen molar-refractivity contribution in [3.63, 3.8) is 0 Å². The van der Waals surface area contributed by atoms with Gasteiger partial charge in [0, 0.05) is 16.4 Å². The zero-order valence-electron chi connectivity index (χ0n) is 16.3. The third-order valence-corrected chi connectivity index (χ3v) is 7.54. The van der Waals surface area contributed by atoms with Crippen molar-refractivity contribution in [1.82, 2.24) is 0 Å². The first kappa shape index (κ1) is 20.5. The lowest BCUT2D eigenvalue weighted by atomic mass is 10.2. The van der Waals surface area contributed by atoms with Crippen molar-refractivity contribution >= 4 is 35.9 Å². The van der Waals surface area contributed by atoms with Gasteiger partial charge < -0.3 is 4.74 Å². The lowest BCUT2D eigenvalue weighted by Crippen LogP contribution is -2.62. The summed E-state index contributed by atoms with van der Waals surface area (Å²) >= 11 is 0. The van der Waals surface area contributed by atoms with Crippen LogP contribution >= 0.6 is 7.05 Å². The van der Waals surface area contributed by atoms with Crippen LogP contribution < -0.4 is 15.5 Å². The van der Waals surface area contributed by atoms with Crippen LogP contribution in [0.5, 0.6) is 0 Å². The molecule has 0 aliphatic carbocycles. The molecule has 0 bridgehead atoms. The van der Waals surface area contributed by atoms with E-state index >= 15 is 0 Å². The first-order valence-electron chi connectivity index (χ1n) is 9.46. The average Bonchev–Trinajstić information content (AvgIpc) is 2.78. The Kier molecular flexibility index (Phi) is 7.32. The minimum Gasteiger partial charge on any atom is -0.462 e. The van der Waals surface area contributed by atoms with Gasteiger partial charge in [-0.05, 0) is 47.9 Å². The summed E-state index contributed by atoms with van der Waals surface area (Å²) in [4.78, 5) is 15.1. The van der Waals surface area contributed by atoms with Gasteiger partial charge in [0.25, 0.3) is 0 Å². The second-order valence-corrected chi connectivity index (χ2v) is 9.21. The number of rotatable bonds is 7. The molecule has 0 atom stereocenters. The van der Waals surface area contributed by atoms with E-state index in [4.69, 9.17) is 4.74 Å². The minimum absolute atomic E-state index is 0.316. The Hall–Kier alpha value is -3.23. The summed E-state index contributed by atoms with van der Waals surface area (Å²) in [5, 5.41) is 6.50. The molecule has 0 heterocycles. The Morgan fingerprint density at radius 3 is 1.93 bits per heavy atom. The maximum atomic E-state index is 11.8. The van der Waals surface area contributed by atoms with Crippen LogP contribution in [0, 0.1) is 0 Å². The first-order valence-corrected chi connectivity index (χ1v) is 11.3. The number of esters is 1. The number of hydrazone groups is 1. The van der Waals surface area contributed by atoms with Crippen LogP contribution in [0.3, 0.4) is 0 Å². The smallest absolute Gasteiger partial charge is 0.355 e. The van der Waals surface area contributed by atoms with Crippen molar-refractivity contribution in [3.05, 3.63) is 102 Å². The molecule has 0 fully saturated rings. The molecule has 3 aromatic carbocycles. The number of hydrogen-bond donors (Lipinski definition) is 1. The molecular formula is C24H24N2O2P+. The number of carbonyl (C=O) groups is 1. The van der Waals surface area contributed by atoms with Gasteiger partial charge in [-0.15, -0.1) is 4.85 Å². The Balaban J connectivity index is 2.19. The van der Waals surface area contributed by atoms with Gasteiger partial charge in [-0.1, -0.05) is 66.7 Å². The van der Waals surface area contributed by atoms with Crippen LogP contribution in [-0.4, -0.2) is 18.8 Å². The summed E-state index contributed by atoms with van der Waals surface area (Å²) in [5.41, 5.74) is 1.10. The fourth-order valence-electron chi connectivity index (χ4n) is 2.91. The molecule has 5 heteroatoms. The normalized spacial score (nSPS) is 11.6. The van der Waals surface area contributed by atoms with Crippen molar-refractivity contribution < 1.29 is 14.4 Å². The van der Waals surface area contributed by atoms with Crippen LogP contribution in [-0.2, 0) is 9.53 Å². The van der Waals surface area contributed by atoms with E-state index in [9.17, 15) is 4.79 Å². The molecule has 0 saturated heterocycles. The summed E-state index contributed by atoms with van der Waals surface area (Å²) in [6.45, 7) is 2.09. The second-order valence-electron chi connectivity index (χ2n) is 6.23. The zero-order valence-corrected chi connectivity index (χ0v) is 17.2. The molecule has 0 unspecified atom stereocenters. The molecule has 0 aliphatic rings. The third kappa shape index (κ3) is 5.40. The van der Waals surface area contributed by atoms with Gasteiger partial charge in [-0.3, -0.25) is 0 Å².